The number of carbonyl (C=O) groups excluding carboxylic acids is 1. The summed E-state index contributed by atoms with van der Waals surface area (Å²) in [6, 6.07) is 5.27. The van der Waals surface area contributed by atoms with E-state index < -0.39 is 0 Å². The number of nitrogens with zero attached hydrogens (tertiary/aromatic N) is 2. The van der Waals surface area contributed by atoms with E-state index in [1.165, 1.54) is 14.2 Å². The first-order valence-electron chi connectivity index (χ1n) is 7.84. The van der Waals surface area contributed by atoms with Gasteiger partial charge in [-0.05, 0) is 31.0 Å². The molecule has 2 heterocycles. The third-order valence-electron chi connectivity index (χ3n) is 4.35. The quantitative estimate of drug-likeness (QED) is 0.921. The van der Waals surface area contributed by atoms with Crippen LogP contribution >= 0.6 is 11.6 Å². The van der Waals surface area contributed by atoms with Crippen LogP contribution in [0.3, 0.4) is 0 Å². The van der Waals surface area contributed by atoms with Gasteiger partial charge in [-0.1, -0.05) is 11.6 Å². The first kappa shape index (κ1) is 16.6. The lowest BCUT2D eigenvalue weighted by Gasteiger charge is -2.32. The lowest BCUT2D eigenvalue weighted by Crippen LogP contribution is -2.39. The molecule has 0 radical (unpaired) electrons. The minimum atomic E-state index is -0.0536. The SMILES string of the molecule is COc1cc(C(=O)N2CCC[C@H](c3ccn[nH]3)C2)cc(Cl)c1OC. The Kier molecular flexibility index (Phi) is 4.94. The molecule has 3 rings (SSSR count). The van der Waals surface area contributed by atoms with Crippen LogP contribution in [0.1, 0.15) is 34.8 Å². The van der Waals surface area contributed by atoms with Gasteiger partial charge in [0.15, 0.2) is 11.5 Å². The zero-order valence-corrected chi connectivity index (χ0v) is 14.5. The summed E-state index contributed by atoms with van der Waals surface area (Å²) in [7, 11) is 3.04. The molecule has 1 aromatic heterocycles. The van der Waals surface area contributed by atoms with Gasteiger partial charge in [-0.25, -0.2) is 0 Å². The summed E-state index contributed by atoms with van der Waals surface area (Å²) in [6.45, 7) is 1.39. The van der Waals surface area contributed by atoms with Gasteiger partial charge < -0.3 is 14.4 Å². The molecule has 1 aromatic carbocycles. The van der Waals surface area contributed by atoms with Gasteiger partial charge in [0.25, 0.3) is 5.91 Å². The highest BCUT2D eigenvalue weighted by atomic mass is 35.5. The zero-order chi connectivity index (χ0) is 17.1. The topological polar surface area (TPSA) is 67.5 Å². The highest BCUT2D eigenvalue weighted by Gasteiger charge is 2.27. The van der Waals surface area contributed by atoms with Crippen molar-refractivity contribution in [2.75, 3.05) is 27.3 Å². The maximum absolute atomic E-state index is 12.9. The number of methoxy groups -OCH3 is 2. The van der Waals surface area contributed by atoms with E-state index in [2.05, 4.69) is 10.2 Å². The Labute approximate surface area is 145 Å². The standard InChI is InChI=1S/C17H20ClN3O3/c1-23-15-9-12(8-13(18)16(15)24-2)17(22)21-7-3-4-11(10-21)14-5-6-19-20-14/h5-6,8-9,11H,3-4,7,10H2,1-2H3,(H,19,20)/t11-/m0/s1. The summed E-state index contributed by atoms with van der Waals surface area (Å²) in [5, 5.41) is 7.37. The number of benzene rings is 1. The van der Waals surface area contributed by atoms with Crippen LogP contribution in [0, 0.1) is 0 Å². The molecule has 24 heavy (non-hydrogen) atoms. The summed E-state index contributed by atoms with van der Waals surface area (Å²) < 4.78 is 10.5. The molecule has 128 valence electrons. The monoisotopic (exact) mass is 349 g/mol. The van der Waals surface area contributed by atoms with Crippen molar-refractivity contribution >= 4 is 17.5 Å². The molecule has 1 amide bonds. The molecule has 7 heteroatoms. The van der Waals surface area contributed by atoms with E-state index in [0.717, 1.165) is 25.1 Å². The number of aromatic amines is 1. The van der Waals surface area contributed by atoms with E-state index in [0.29, 0.717) is 28.6 Å². The Hall–Kier alpha value is -2.21. The van der Waals surface area contributed by atoms with Crippen LogP contribution in [0.5, 0.6) is 11.5 Å². The van der Waals surface area contributed by atoms with Gasteiger partial charge in [-0.2, -0.15) is 5.10 Å². The van der Waals surface area contributed by atoms with Crippen molar-refractivity contribution in [2.24, 2.45) is 0 Å². The highest BCUT2D eigenvalue weighted by Crippen LogP contribution is 2.36. The lowest BCUT2D eigenvalue weighted by atomic mass is 9.94. The minimum Gasteiger partial charge on any atom is -0.493 e. The van der Waals surface area contributed by atoms with E-state index in [4.69, 9.17) is 21.1 Å². The van der Waals surface area contributed by atoms with Crippen molar-refractivity contribution in [3.05, 3.63) is 40.7 Å². The molecule has 1 N–H and O–H groups in total. The average Bonchev–Trinajstić information content (AvgIpc) is 3.15. The van der Waals surface area contributed by atoms with Crippen molar-refractivity contribution in [1.29, 1.82) is 0 Å². The third kappa shape index (κ3) is 3.19. The number of ether oxygens (including phenoxy) is 2. The molecule has 0 aliphatic carbocycles. The number of likely N-dealkylation sites (tertiary alicyclic amines) is 1. The second kappa shape index (κ2) is 7.13. The second-order valence-electron chi connectivity index (χ2n) is 5.80. The molecule has 1 aliphatic heterocycles. The molecule has 1 saturated heterocycles. The summed E-state index contributed by atoms with van der Waals surface area (Å²) in [5.74, 6) is 1.11. The maximum Gasteiger partial charge on any atom is 0.254 e. The van der Waals surface area contributed by atoms with Gasteiger partial charge in [-0.3, -0.25) is 9.89 Å². The van der Waals surface area contributed by atoms with Crippen LogP contribution in [-0.2, 0) is 0 Å². The summed E-state index contributed by atoms with van der Waals surface area (Å²) in [6.07, 6.45) is 3.74. The molecular formula is C17H20ClN3O3. The summed E-state index contributed by atoms with van der Waals surface area (Å²) in [5.41, 5.74) is 1.57. The number of hydrogen-bond donors (Lipinski definition) is 1. The van der Waals surface area contributed by atoms with Crippen LogP contribution in [0.15, 0.2) is 24.4 Å². The van der Waals surface area contributed by atoms with Gasteiger partial charge in [0.05, 0.1) is 19.2 Å². The third-order valence-corrected chi connectivity index (χ3v) is 4.63. The van der Waals surface area contributed by atoms with Crippen molar-refractivity contribution < 1.29 is 14.3 Å². The first-order valence-corrected chi connectivity index (χ1v) is 8.22. The first-order chi connectivity index (χ1) is 11.6. The molecule has 0 spiro atoms. The Bertz CT molecular complexity index is 718. The molecule has 1 aliphatic rings. The zero-order valence-electron chi connectivity index (χ0n) is 13.7. The van der Waals surface area contributed by atoms with E-state index in [9.17, 15) is 4.79 Å². The Morgan fingerprint density at radius 3 is 2.88 bits per heavy atom. The Morgan fingerprint density at radius 1 is 1.38 bits per heavy atom. The van der Waals surface area contributed by atoms with Gasteiger partial charge in [0, 0.05) is 36.5 Å². The normalized spacial score (nSPS) is 17.6. The van der Waals surface area contributed by atoms with Gasteiger partial charge in [-0.15, -0.1) is 0 Å². The van der Waals surface area contributed by atoms with Crippen molar-refractivity contribution in [3.63, 3.8) is 0 Å². The van der Waals surface area contributed by atoms with Crippen molar-refractivity contribution in [2.45, 2.75) is 18.8 Å². The van der Waals surface area contributed by atoms with Crippen LogP contribution < -0.4 is 9.47 Å². The molecule has 2 aromatic rings. The number of nitrogens with one attached hydrogen (secondary N) is 1. The van der Waals surface area contributed by atoms with Gasteiger partial charge in [0.2, 0.25) is 0 Å². The fraction of sp³-hybridized carbons (Fsp3) is 0.412. The number of halogens is 1. The van der Waals surface area contributed by atoms with E-state index in [-0.39, 0.29) is 11.8 Å². The van der Waals surface area contributed by atoms with Crippen LogP contribution in [0.2, 0.25) is 5.02 Å². The fourth-order valence-electron chi connectivity index (χ4n) is 3.13. The van der Waals surface area contributed by atoms with Crippen LogP contribution in [0.4, 0.5) is 0 Å². The Balaban J connectivity index is 1.82. The number of carbonyl (C=O) groups is 1. The number of rotatable bonds is 4. The molecule has 6 nitrogen and oxygen atoms in total. The molecule has 0 bridgehead atoms. The van der Waals surface area contributed by atoms with Crippen molar-refractivity contribution in [3.8, 4) is 11.5 Å². The minimum absolute atomic E-state index is 0.0536. The highest BCUT2D eigenvalue weighted by molar-refractivity contribution is 6.32. The van der Waals surface area contributed by atoms with Crippen molar-refractivity contribution in [1.82, 2.24) is 15.1 Å². The number of amides is 1. The molecule has 0 saturated carbocycles. The molecule has 1 fully saturated rings. The maximum atomic E-state index is 12.9. The smallest absolute Gasteiger partial charge is 0.254 e. The van der Waals surface area contributed by atoms with E-state index >= 15 is 0 Å². The van der Waals surface area contributed by atoms with E-state index in [1.807, 2.05) is 11.0 Å². The molecule has 0 unspecified atom stereocenters. The predicted molar refractivity (Wildman–Crippen MR) is 91.0 cm³/mol. The second-order valence-corrected chi connectivity index (χ2v) is 6.20. The summed E-state index contributed by atoms with van der Waals surface area (Å²) in [4.78, 5) is 14.7. The number of H-pyrrole nitrogens is 1. The van der Waals surface area contributed by atoms with Gasteiger partial charge >= 0.3 is 0 Å². The van der Waals surface area contributed by atoms with E-state index in [1.54, 1.807) is 18.3 Å². The van der Waals surface area contributed by atoms with Gasteiger partial charge in [0.1, 0.15) is 0 Å². The molecule has 1 atom stereocenters. The number of hydrogen-bond acceptors (Lipinski definition) is 4. The molecular weight excluding hydrogens is 330 g/mol. The number of aromatic nitrogens is 2. The van der Waals surface area contributed by atoms with Crippen LogP contribution in [0.25, 0.3) is 0 Å². The van der Waals surface area contributed by atoms with Crippen LogP contribution in [-0.4, -0.2) is 48.3 Å². The largest absolute Gasteiger partial charge is 0.493 e. The Morgan fingerprint density at radius 2 is 2.21 bits per heavy atom. The predicted octanol–water partition coefficient (Wildman–Crippen LogP) is 3.10. The average molecular weight is 350 g/mol. The summed E-state index contributed by atoms with van der Waals surface area (Å²) >= 11 is 6.22. The number of piperidine rings is 1. The lowest BCUT2D eigenvalue weighted by molar-refractivity contribution is 0.0705. The fourth-order valence-corrected chi connectivity index (χ4v) is 3.42.